The van der Waals surface area contributed by atoms with Crippen LogP contribution in [0.3, 0.4) is 0 Å². The first-order chi connectivity index (χ1) is 15.2. The lowest BCUT2D eigenvalue weighted by molar-refractivity contribution is -0.118. The highest BCUT2D eigenvalue weighted by Gasteiger charge is 2.24. The number of thioether (sulfide) groups is 1. The molecule has 1 aliphatic carbocycles. The number of pyridine rings is 1. The Morgan fingerprint density at radius 2 is 1.97 bits per heavy atom. The zero-order chi connectivity index (χ0) is 21.5. The van der Waals surface area contributed by atoms with Gasteiger partial charge < -0.3 is 0 Å². The molecule has 0 aliphatic heterocycles. The van der Waals surface area contributed by atoms with E-state index in [9.17, 15) is 4.79 Å². The van der Waals surface area contributed by atoms with E-state index in [1.54, 1.807) is 6.20 Å². The molecule has 0 saturated heterocycles. The molecule has 0 radical (unpaired) electrons. The number of benzene rings is 1. The molecule has 1 N–H and O–H groups in total. The zero-order valence-electron chi connectivity index (χ0n) is 17.6. The molecule has 0 unspecified atom stereocenters. The third-order valence-electron chi connectivity index (χ3n) is 5.32. The van der Waals surface area contributed by atoms with Gasteiger partial charge >= 0.3 is 0 Å². The van der Waals surface area contributed by atoms with E-state index >= 15 is 0 Å². The maximum atomic E-state index is 12.3. The molecule has 8 heteroatoms. The van der Waals surface area contributed by atoms with Gasteiger partial charge in [0.15, 0.2) is 11.0 Å². The molecule has 0 atom stereocenters. The molecule has 2 heterocycles. The van der Waals surface area contributed by atoms with E-state index in [1.807, 2.05) is 18.2 Å². The second-order valence-electron chi connectivity index (χ2n) is 7.67. The van der Waals surface area contributed by atoms with Crippen molar-refractivity contribution < 1.29 is 4.79 Å². The fourth-order valence-corrected chi connectivity index (χ4v) is 4.53. The minimum Gasteiger partial charge on any atom is -0.299 e. The maximum absolute atomic E-state index is 12.3. The number of hydrazone groups is 1. The van der Waals surface area contributed by atoms with E-state index in [4.69, 9.17) is 0 Å². The van der Waals surface area contributed by atoms with Crippen LogP contribution in [-0.2, 0) is 4.79 Å². The Kier molecular flexibility index (Phi) is 7.09. The molecule has 1 amide bonds. The van der Waals surface area contributed by atoms with Gasteiger partial charge in [-0.05, 0) is 31.9 Å². The van der Waals surface area contributed by atoms with Gasteiger partial charge in [-0.3, -0.25) is 14.3 Å². The molecular weight excluding hydrogens is 408 g/mol. The van der Waals surface area contributed by atoms with E-state index in [0.717, 1.165) is 29.4 Å². The standard InChI is InChI=1S/C23H26N6OS/c1-17-10-12-18(13-11-17)22-27-28-23(29(22)20-8-3-2-4-9-20)31-16-21(30)26-25-15-19-7-5-6-14-24-19/h5-7,10-15,20H,2-4,8-9,16H2,1H3,(H,26,30)/b25-15-. The zero-order valence-corrected chi connectivity index (χ0v) is 18.4. The van der Waals surface area contributed by atoms with Crippen LogP contribution in [0.4, 0.5) is 0 Å². The second kappa shape index (κ2) is 10.3. The second-order valence-corrected chi connectivity index (χ2v) is 8.61. The molecule has 7 nitrogen and oxygen atoms in total. The Morgan fingerprint density at radius 1 is 1.16 bits per heavy atom. The molecule has 4 rings (SSSR count). The first kappa shape index (κ1) is 21.2. The van der Waals surface area contributed by atoms with Crippen LogP contribution >= 0.6 is 11.8 Å². The van der Waals surface area contributed by atoms with Crippen molar-refractivity contribution in [2.24, 2.45) is 5.10 Å². The van der Waals surface area contributed by atoms with Crippen LogP contribution < -0.4 is 5.43 Å². The summed E-state index contributed by atoms with van der Waals surface area (Å²) in [5.74, 6) is 0.911. The summed E-state index contributed by atoms with van der Waals surface area (Å²) in [6.45, 7) is 2.08. The van der Waals surface area contributed by atoms with Crippen molar-refractivity contribution in [1.29, 1.82) is 0 Å². The van der Waals surface area contributed by atoms with Gasteiger partial charge in [-0.25, -0.2) is 5.43 Å². The molecule has 2 aromatic heterocycles. The van der Waals surface area contributed by atoms with Crippen LogP contribution in [0.15, 0.2) is 58.9 Å². The monoisotopic (exact) mass is 434 g/mol. The summed E-state index contributed by atoms with van der Waals surface area (Å²) < 4.78 is 2.24. The van der Waals surface area contributed by atoms with E-state index in [2.05, 4.69) is 61.5 Å². The van der Waals surface area contributed by atoms with Crippen molar-refractivity contribution in [1.82, 2.24) is 25.2 Å². The molecule has 1 saturated carbocycles. The molecule has 0 bridgehead atoms. The Hall–Kier alpha value is -3.00. The molecule has 1 fully saturated rings. The SMILES string of the molecule is Cc1ccc(-c2nnc(SCC(=O)N/N=C\c3ccccn3)n2C2CCCCC2)cc1. The molecule has 3 aromatic rings. The Morgan fingerprint density at radius 3 is 2.71 bits per heavy atom. The number of nitrogens with zero attached hydrogens (tertiary/aromatic N) is 5. The molecular formula is C23H26N6OS. The lowest BCUT2D eigenvalue weighted by atomic mass is 9.95. The van der Waals surface area contributed by atoms with Crippen molar-refractivity contribution in [3.05, 3.63) is 59.9 Å². The summed E-state index contributed by atoms with van der Waals surface area (Å²) >= 11 is 1.40. The fraction of sp³-hybridized carbons (Fsp3) is 0.348. The van der Waals surface area contributed by atoms with Crippen LogP contribution in [0.1, 0.15) is 49.4 Å². The van der Waals surface area contributed by atoms with Crippen LogP contribution in [0.2, 0.25) is 0 Å². The summed E-state index contributed by atoms with van der Waals surface area (Å²) in [6, 6.07) is 14.3. The van der Waals surface area contributed by atoms with Crippen molar-refractivity contribution >= 4 is 23.9 Å². The summed E-state index contributed by atoms with van der Waals surface area (Å²) in [6.07, 6.45) is 9.14. The normalized spacial score (nSPS) is 14.7. The lowest BCUT2D eigenvalue weighted by Crippen LogP contribution is -2.20. The average Bonchev–Trinajstić information content (AvgIpc) is 3.23. The molecule has 0 spiro atoms. The smallest absolute Gasteiger partial charge is 0.250 e. The van der Waals surface area contributed by atoms with E-state index < -0.39 is 0 Å². The predicted octanol–water partition coefficient (Wildman–Crippen LogP) is 4.40. The average molecular weight is 435 g/mol. The minimum atomic E-state index is -0.188. The van der Waals surface area contributed by atoms with E-state index in [0.29, 0.717) is 11.7 Å². The van der Waals surface area contributed by atoms with Gasteiger partial charge in [0.05, 0.1) is 17.7 Å². The third-order valence-corrected chi connectivity index (χ3v) is 6.26. The Labute approximate surface area is 186 Å². The largest absolute Gasteiger partial charge is 0.299 e. The van der Waals surface area contributed by atoms with Gasteiger partial charge in [-0.2, -0.15) is 5.10 Å². The number of nitrogens with one attached hydrogen (secondary N) is 1. The molecule has 31 heavy (non-hydrogen) atoms. The van der Waals surface area contributed by atoms with Gasteiger partial charge in [-0.1, -0.05) is 66.9 Å². The van der Waals surface area contributed by atoms with Crippen molar-refractivity contribution in [2.45, 2.75) is 50.2 Å². The maximum Gasteiger partial charge on any atom is 0.250 e. The van der Waals surface area contributed by atoms with Crippen LogP contribution in [-0.4, -0.2) is 37.6 Å². The number of amides is 1. The topological polar surface area (TPSA) is 85.1 Å². The van der Waals surface area contributed by atoms with E-state index in [1.165, 1.54) is 42.8 Å². The number of hydrogen-bond donors (Lipinski definition) is 1. The summed E-state index contributed by atoms with van der Waals surface area (Å²) in [5.41, 5.74) is 5.52. The number of carbonyl (C=O) groups excluding carboxylic acids is 1. The van der Waals surface area contributed by atoms with Gasteiger partial charge in [0.25, 0.3) is 5.91 Å². The number of aryl methyl sites for hydroxylation is 1. The first-order valence-electron chi connectivity index (χ1n) is 10.6. The summed E-state index contributed by atoms with van der Waals surface area (Å²) in [4.78, 5) is 16.4. The quantitative estimate of drug-likeness (QED) is 0.338. The van der Waals surface area contributed by atoms with Gasteiger partial charge in [0, 0.05) is 17.8 Å². The minimum absolute atomic E-state index is 0.188. The van der Waals surface area contributed by atoms with Gasteiger partial charge in [0.2, 0.25) is 0 Å². The highest BCUT2D eigenvalue weighted by Crippen LogP contribution is 2.35. The molecule has 160 valence electrons. The van der Waals surface area contributed by atoms with Crippen LogP contribution in [0, 0.1) is 6.92 Å². The summed E-state index contributed by atoms with van der Waals surface area (Å²) in [7, 11) is 0. The fourth-order valence-electron chi connectivity index (χ4n) is 3.73. The number of hydrogen-bond acceptors (Lipinski definition) is 6. The molecule has 1 aromatic carbocycles. The van der Waals surface area contributed by atoms with Crippen molar-refractivity contribution in [2.75, 3.05) is 5.75 Å². The van der Waals surface area contributed by atoms with Crippen molar-refractivity contribution in [3.8, 4) is 11.4 Å². The highest BCUT2D eigenvalue weighted by atomic mass is 32.2. The lowest BCUT2D eigenvalue weighted by Gasteiger charge is -2.25. The molecule has 1 aliphatic rings. The first-order valence-corrected chi connectivity index (χ1v) is 11.6. The third kappa shape index (κ3) is 5.58. The number of carbonyl (C=O) groups is 1. The van der Waals surface area contributed by atoms with E-state index in [-0.39, 0.29) is 11.7 Å². The number of rotatable bonds is 7. The van der Waals surface area contributed by atoms with Crippen molar-refractivity contribution in [3.63, 3.8) is 0 Å². The Balaban J connectivity index is 1.46. The van der Waals surface area contributed by atoms with Crippen LogP contribution in [0.5, 0.6) is 0 Å². The van der Waals surface area contributed by atoms with Gasteiger partial charge in [-0.15, -0.1) is 10.2 Å². The highest BCUT2D eigenvalue weighted by molar-refractivity contribution is 7.99. The van der Waals surface area contributed by atoms with Crippen LogP contribution in [0.25, 0.3) is 11.4 Å². The predicted molar refractivity (Wildman–Crippen MR) is 123 cm³/mol. The Bertz CT molecular complexity index is 1030. The number of aromatic nitrogens is 4. The summed E-state index contributed by atoms with van der Waals surface area (Å²) in [5, 5.41) is 13.7. The van der Waals surface area contributed by atoms with Gasteiger partial charge in [0.1, 0.15) is 0 Å².